The third kappa shape index (κ3) is 4.41. The second-order valence-corrected chi connectivity index (χ2v) is 6.05. The fourth-order valence-electron chi connectivity index (χ4n) is 1.70. The summed E-state index contributed by atoms with van der Waals surface area (Å²) in [6.45, 7) is 1.49. The van der Waals surface area contributed by atoms with E-state index in [0.29, 0.717) is 22.3 Å². The fourth-order valence-corrected chi connectivity index (χ4v) is 2.79. The van der Waals surface area contributed by atoms with Gasteiger partial charge in [-0.3, -0.25) is 4.79 Å². The lowest BCUT2D eigenvalue weighted by molar-refractivity contribution is 0.0949. The summed E-state index contributed by atoms with van der Waals surface area (Å²) in [4.78, 5) is 16.3. The molecular formula is C14H15Cl2N3OS. The molecule has 0 aliphatic rings. The zero-order chi connectivity index (χ0) is 15.2. The van der Waals surface area contributed by atoms with E-state index in [1.54, 1.807) is 17.5 Å². The Labute approximate surface area is 137 Å². The van der Waals surface area contributed by atoms with Crippen LogP contribution in [0.1, 0.15) is 16.9 Å². The predicted molar refractivity (Wildman–Crippen MR) is 88.4 cm³/mol. The van der Waals surface area contributed by atoms with Crippen molar-refractivity contribution in [3.8, 4) is 10.6 Å². The Balaban J connectivity index is 2.03. The van der Waals surface area contributed by atoms with Gasteiger partial charge in [-0.15, -0.1) is 11.3 Å². The summed E-state index contributed by atoms with van der Waals surface area (Å²) in [6.07, 6.45) is 0.881. The number of rotatable bonds is 6. The summed E-state index contributed by atoms with van der Waals surface area (Å²) in [5.41, 5.74) is 1.27. The first-order valence-electron chi connectivity index (χ1n) is 6.45. The zero-order valence-corrected chi connectivity index (χ0v) is 13.8. The summed E-state index contributed by atoms with van der Waals surface area (Å²) in [6, 6.07) is 5.30. The van der Waals surface area contributed by atoms with Gasteiger partial charge in [-0.1, -0.05) is 29.3 Å². The normalized spacial score (nSPS) is 10.6. The number of nitrogens with zero attached hydrogens (tertiary/aromatic N) is 1. The van der Waals surface area contributed by atoms with Crippen LogP contribution in [0.5, 0.6) is 0 Å². The van der Waals surface area contributed by atoms with Crippen LogP contribution in [0.4, 0.5) is 0 Å². The van der Waals surface area contributed by atoms with Gasteiger partial charge in [0.15, 0.2) is 0 Å². The number of aromatic nitrogens is 1. The maximum Gasteiger partial charge on any atom is 0.270 e. The fraction of sp³-hybridized carbons (Fsp3) is 0.286. The van der Waals surface area contributed by atoms with E-state index in [1.165, 1.54) is 11.3 Å². The van der Waals surface area contributed by atoms with Gasteiger partial charge < -0.3 is 10.6 Å². The maximum atomic E-state index is 11.9. The molecule has 1 heterocycles. The van der Waals surface area contributed by atoms with E-state index in [1.807, 2.05) is 13.1 Å². The molecule has 112 valence electrons. The van der Waals surface area contributed by atoms with Gasteiger partial charge in [0.05, 0.1) is 10.0 Å². The lowest BCUT2D eigenvalue weighted by Gasteiger charge is -2.02. The maximum absolute atomic E-state index is 11.9. The minimum absolute atomic E-state index is 0.159. The standard InChI is InChI=1S/C14H15Cl2N3OS/c1-17-5-2-6-18-13(20)12-8-21-14(19-12)9-3-4-10(15)11(16)7-9/h3-4,7-8,17H,2,5-6H2,1H3,(H,18,20). The van der Waals surface area contributed by atoms with Gasteiger partial charge in [-0.25, -0.2) is 4.98 Å². The lowest BCUT2D eigenvalue weighted by Crippen LogP contribution is -2.26. The summed E-state index contributed by atoms with van der Waals surface area (Å²) in [5.74, 6) is -0.159. The molecule has 1 aromatic heterocycles. The smallest absolute Gasteiger partial charge is 0.270 e. The molecular weight excluding hydrogens is 329 g/mol. The van der Waals surface area contributed by atoms with Crippen LogP contribution in [0, 0.1) is 0 Å². The molecule has 0 bridgehead atoms. The highest BCUT2D eigenvalue weighted by Gasteiger charge is 2.12. The molecule has 2 aromatic rings. The number of hydrogen-bond acceptors (Lipinski definition) is 4. The molecule has 7 heteroatoms. The highest BCUT2D eigenvalue weighted by molar-refractivity contribution is 7.13. The van der Waals surface area contributed by atoms with E-state index in [9.17, 15) is 4.79 Å². The molecule has 4 nitrogen and oxygen atoms in total. The molecule has 1 aromatic carbocycles. The van der Waals surface area contributed by atoms with Gasteiger partial charge in [-0.05, 0) is 32.1 Å². The van der Waals surface area contributed by atoms with Gasteiger partial charge in [0.2, 0.25) is 0 Å². The SMILES string of the molecule is CNCCCNC(=O)c1csc(-c2ccc(Cl)c(Cl)c2)n1. The first-order valence-corrected chi connectivity index (χ1v) is 8.09. The van der Waals surface area contributed by atoms with E-state index in [2.05, 4.69) is 15.6 Å². The van der Waals surface area contributed by atoms with E-state index >= 15 is 0 Å². The van der Waals surface area contributed by atoms with Crippen molar-refractivity contribution in [1.29, 1.82) is 0 Å². The number of hydrogen-bond donors (Lipinski definition) is 2. The topological polar surface area (TPSA) is 54.0 Å². The first-order chi connectivity index (χ1) is 10.1. The molecule has 1 amide bonds. The van der Waals surface area contributed by atoms with E-state index in [-0.39, 0.29) is 5.91 Å². The Morgan fingerprint density at radius 3 is 2.81 bits per heavy atom. The molecule has 0 atom stereocenters. The molecule has 0 spiro atoms. The van der Waals surface area contributed by atoms with Crippen molar-refractivity contribution < 1.29 is 4.79 Å². The minimum Gasteiger partial charge on any atom is -0.351 e. The van der Waals surface area contributed by atoms with Crippen LogP contribution in [0.15, 0.2) is 23.6 Å². The Morgan fingerprint density at radius 1 is 1.29 bits per heavy atom. The zero-order valence-electron chi connectivity index (χ0n) is 11.5. The number of nitrogens with one attached hydrogen (secondary N) is 2. The molecule has 0 saturated heterocycles. The van der Waals surface area contributed by atoms with Crippen molar-refractivity contribution in [2.24, 2.45) is 0 Å². The highest BCUT2D eigenvalue weighted by atomic mass is 35.5. The van der Waals surface area contributed by atoms with E-state index in [0.717, 1.165) is 23.5 Å². The molecule has 2 rings (SSSR count). The van der Waals surface area contributed by atoms with Crippen LogP contribution in [-0.2, 0) is 0 Å². The number of carbonyl (C=O) groups is 1. The number of halogens is 2. The predicted octanol–water partition coefficient (Wildman–Crippen LogP) is 3.46. The molecule has 21 heavy (non-hydrogen) atoms. The Kier molecular flexibility index (Phi) is 5.99. The third-order valence-electron chi connectivity index (χ3n) is 2.79. The first kappa shape index (κ1) is 16.2. The van der Waals surface area contributed by atoms with E-state index < -0.39 is 0 Å². The van der Waals surface area contributed by atoms with Gasteiger partial charge in [0.1, 0.15) is 10.7 Å². The molecule has 0 aliphatic carbocycles. The number of thiazole rings is 1. The van der Waals surface area contributed by atoms with Gasteiger partial charge in [0.25, 0.3) is 5.91 Å². The van der Waals surface area contributed by atoms with Crippen LogP contribution >= 0.6 is 34.5 Å². The van der Waals surface area contributed by atoms with Crippen molar-refractivity contribution in [1.82, 2.24) is 15.6 Å². The lowest BCUT2D eigenvalue weighted by atomic mass is 10.2. The summed E-state index contributed by atoms with van der Waals surface area (Å²) >= 11 is 13.3. The minimum atomic E-state index is -0.159. The Hall–Kier alpha value is -1.14. The van der Waals surface area contributed by atoms with Crippen LogP contribution in [-0.4, -0.2) is 31.0 Å². The van der Waals surface area contributed by atoms with Crippen molar-refractivity contribution in [3.63, 3.8) is 0 Å². The second-order valence-electron chi connectivity index (χ2n) is 4.38. The highest BCUT2D eigenvalue weighted by Crippen LogP contribution is 2.30. The quantitative estimate of drug-likeness (QED) is 0.789. The number of carbonyl (C=O) groups excluding carboxylic acids is 1. The summed E-state index contributed by atoms with van der Waals surface area (Å²) < 4.78 is 0. The molecule has 0 saturated carbocycles. The molecule has 0 radical (unpaired) electrons. The van der Waals surface area contributed by atoms with Crippen LogP contribution in [0.2, 0.25) is 10.0 Å². The Morgan fingerprint density at radius 2 is 2.10 bits per heavy atom. The van der Waals surface area contributed by atoms with Gasteiger partial charge in [-0.2, -0.15) is 0 Å². The van der Waals surface area contributed by atoms with Crippen molar-refractivity contribution in [3.05, 3.63) is 39.3 Å². The molecule has 0 unspecified atom stereocenters. The van der Waals surface area contributed by atoms with Crippen LogP contribution in [0.3, 0.4) is 0 Å². The van der Waals surface area contributed by atoms with Crippen molar-refractivity contribution in [2.75, 3.05) is 20.1 Å². The van der Waals surface area contributed by atoms with Gasteiger partial charge >= 0.3 is 0 Å². The number of amides is 1. The van der Waals surface area contributed by atoms with Crippen molar-refractivity contribution in [2.45, 2.75) is 6.42 Å². The third-order valence-corrected chi connectivity index (χ3v) is 4.42. The number of benzene rings is 1. The van der Waals surface area contributed by atoms with Gasteiger partial charge in [0, 0.05) is 17.5 Å². The Bertz CT molecular complexity index is 630. The van der Waals surface area contributed by atoms with Crippen molar-refractivity contribution >= 4 is 40.4 Å². The van der Waals surface area contributed by atoms with Crippen LogP contribution in [0.25, 0.3) is 10.6 Å². The summed E-state index contributed by atoms with van der Waals surface area (Å²) in [5, 5.41) is 9.33. The molecule has 0 aliphatic heterocycles. The summed E-state index contributed by atoms with van der Waals surface area (Å²) in [7, 11) is 1.88. The monoisotopic (exact) mass is 343 g/mol. The largest absolute Gasteiger partial charge is 0.351 e. The average molecular weight is 344 g/mol. The van der Waals surface area contributed by atoms with Crippen LogP contribution < -0.4 is 10.6 Å². The molecule has 2 N–H and O–H groups in total. The van der Waals surface area contributed by atoms with E-state index in [4.69, 9.17) is 23.2 Å². The second kappa shape index (κ2) is 7.75. The average Bonchev–Trinajstić information content (AvgIpc) is 2.96. The molecule has 0 fully saturated rings.